The van der Waals surface area contributed by atoms with Crippen molar-refractivity contribution >= 4 is 59.6 Å². The first-order valence-corrected chi connectivity index (χ1v) is 9.77. The number of amides is 2. The maximum absolute atomic E-state index is 11.7. The number of benzene rings is 2. The van der Waals surface area contributed by atoms with Gasteiger partial charge in [0, 0.05) is 8.95 Å². The summed E-state index contributed by atoms with van der Waals surface area (Å²) < 4.78 is 13.3. The highest BCUT2D eigenvalue weighted by molar-refractivity contribution is 9.11. The summed E-state index contributed by atoms with van der Waals surface area (Å²) in [6, 6.07) is 10.7. The molecule has 0 unspecified atom stereocenters. The molecule has 0 aliphatic rings. The van der Waals surface area contributed by atoms with Crippen LogP contribution in [0.25, 0.3) is 0 Å². The van der Waals surface area contributed by atoms with Crippen molar-refractivity contribution < 1.29 is 19.1 Å². The van der Waals surface area contributed by atoms with Crippen LogP contribution in [-0.4, -0.2) is 25.0 Å². The fourth-order valence-corrected chi connectivity index (χ4v) is 3.21. The van der Waals surface area contributed by atoms with Gasteiger partial charge in [0.05, 0.1) is 4.47 Å². The fourth-order valence-electron chi connectivity index (χ4n) is 1.80. The predicted octanol–water partition coefficient (Wildman–Crippen LogP) is 3.89. The Kier molecular flexibility index (Phi) is 7.92. The molecule has 0 atom stereocenters. The van der Waals surface area contributed by atoms with Crippen molar-refractivity contribution in [3.8, 4) is 11.5 Å². The number of halogens is 3. The highest BCUT2D eigenvalue weighted by atomic mass is 79.9. The van der Waals surface area contributed by atoms with Gasteiger partial charge >= 0.3 is 0 Å². The molecule has 138 valence electrons. The molecule has 0 fully saturated rings. The van der Waals surface area contributed by atoms with Crippen LogP contribution >= 0.6 is 47.8 Å². The lowest BCUT2D eigenvalue weighted by Gasteiger charge is -2.11. The molecule has 6 nitrogen and oxygen atoms in total. The second-order valence-electron chi connectivity index (χ2n) is 5.16. The Morgan fingerprint density at radius 2 is 1.54 bits per heavy atom. The highest BCUT2D eigenvalue weighted by Crippen LogP contribution is 2.28. The number of hydrazine groups is 1. The Morgan fingerprint density at radius 1 is 0.885 bits per heavy atom. The third kappa shape index (κ3) is 6.62. The van der Waals surface area contributed by atoms with Crippen molar-refractivity contribution in [2.75, 3.05) is 13.2 Å². The van der Waals surface area contributed by atoms with Crippen LogP contribution in [0, 0.1) is 6.92 Å². The molecular formula is C17H15Br3N2O4. The minimum absolute atomic E-state index is 0.222. The maximum atomic E-state index is 11.7. The summed E-state index contributed by atoms with van der Waals surface area (Å²) in [7, 11) is 0. The standard InChI is InChI=1S/C17H15Br3N2O4/c1-10-6-12(3-4-13(10)19)25-8-16(23)21-22-17(24)9-26-15-5-2-11(18)7-14(15)20/h2-7H,8-9H2,1H3,(H,21,23)(H,22,24). The van der Waals surface area contributed by atoms with Gasteiger partial charge in [0.1, 0.15) is 11.5 Å². The minimum atomic E-state index is -0.493. The lowest BCUT2D eigenvalue weighted by Crippen LogP contribution is -2.45. The van der Waals surface area contributed by atoms with Gasteiger partial charge in [0.15, 0.2) is 13.2 Å². The molecule has 0 aromatic heterocycles. The Bertz CT molecular complexity index is 815. The summed E-state index contributed by atoms with van der Waals surface area (Å²) in [6.45, 7) is 1.45. The van der Waals surface area contributed by atoms with Crippen molar-refractivity contribution in [3.05, 3.63) is 55.4 Å². The number of carbonyl (C=O) groups excluding carboxylic acids is 2. The third-order valence-corrected chi connectivity index (χ3v) is 5.10. The van der Waals surface area contributed by atoms with Gasteiger partial charge in [0.2, 0.25) is 0 Å². The van der Waals surface area contributed by atoms with E-state index in [4.69, 9.17) is 9.47 Å². The molecule has 0 aliphatic carbocycles. The van der Waals surface area contributed by atoms with Crippen LogP contribution in [0.15, 0.2) is 49.8 Å². The van der Waals surface area contributed by atoms with Crippen LogP contribution in [0.5, 0.6) is 11.5 Å². The largest absolute Gasteiger partial charge is 0.484 e. The number of hydrogen-bond donors (Lipinski definition) is 2. The average Bonchev–Trinajstić information content (AvgIpc) is 2.60. The molecule has 2 rings (SSSR count). The van der Waals surface area contributed by atoms with Gasteiger partial charge in [0.25, 0.3) is 11.8 Å². The lowest BCUT2D eigenvalue weighted by molar-refractivity contribution is -0.131. The molecule has 26 heavy (non-hydrogen) atoms. The number of hydrogen-bond acceptors (Lipinski definition) is 4. The van der Waals surface area contributed by atoms with E-state index in [1.807, 2.05) is 13.0 Å². The summed E-state index contributed by atoms with van der Waals surface area (Å²) in [6.07, 6.45) is 0. The van der Waals surface area contributed by atoms with Gasteiger partial charge in [-0.05, 0) is 64.8 Å². The zero-order chi connectivity index (χ0) is 19.1. The number of rotatable bonds is 6. The quantitative estimate of drug-likeness (QED) is 0.535. The Labute approximate surface area is 176 Å². The molecule has 0 saturated carbocycles. The van der Waals surface area contributed by atoms with Crippen LogP contribution in [0.1, 0.15) is 5.56 Å². The fraction of sp³-hybridized carbons (Fsp3) is 0.176. The van der Waals surface area contributed by atoms with Crippen molar-refractivity contribution in [1.29, 1.82) is 0 Å². The van der Waals surface area contributed by atoms with Crippen LogP contribution in [-0.2, 0) is 9.59 Å². The summed E-state index contributed by atoms with van der Waals surface area (Å²) in [5.74, 6) is 0.107. The SMILES string of the molecule is Cc1cc(OCC(=O)NNC(=O)COc2ccc(Br)cc2Br)ccc1Br. The van der Waals surface area contributed by atoms with Gasteiger partial charge in [-0.3, -0.25) is 20.4 Å². The molecule has 0 aliphatic heterocycles. The van der Waals surface area contributed by atoms with Gasteiger partial charge < -0.3 is 9.47 Å². The minimum Gasteiger partial charge on any atom is -0.484 e. The Hall–Kier alpha value is -1.58. The van der Waals surface area contributed by atoms with Gasteiger partial charge in [-0.15, -0.1) is 0 Å². The van der Waals surface area contributed by atoms with E-state index in [1.165, 1.54) is 0 Å². The van der Waals surface area contributed by atoms with Gasteiger partial charge in [-0.1, -0.05) is 31.9 Å². The first kappa shape index (κ1) is 20.7. The monoisotopic (exact) mass is 548 g/mol. The predicted molar refractivity (Wildman–Crippen MR) is 108 cm³/mol. The zero-order valence-corrected chi connectivity index (χ0v) is 18.4. The molecule has 0 heterocycles. The Morgan fingerprint density at radius 3 is 2.15 bits per heavy atom. The van der Waals surface area contributed by atoms with E-state index >= 15 is 0 Å². The van der Waals surface area contributed by atoms with Crippen LogP contribution < -0.4 is 20.3 Å². The number of ether oxygens (including phenoxy) is 2. The van der Waals surface area contributed by atoms with E-state index < -0.39 is 11.8 Å². The van der Waals surface area contributed by atoms with Crippen molar-refractivity contribution in [1.82, 2.24) is 10.9 Å². The van der Waals surface area contributed by atoms with E-state index in [9.17, 15) is 9.59 Å². The molecule has 0 saturated heterocycles. The molecule has 2 N–H and O–H groups in total. The molecule has 2 aromatic rings. The summed E-state index contributed by atoms with van der Waals surface area (Å²) in [5, 5.41) is 0. The second-order valence-corrected chi connectivity index (χ2v) is 7.78. The zero-order valence-electron chi connectivity index (χ0n) is 13.6. The summed E-state index contributed by atoms with van der Waals surface area (Å²) in [4.78, 5) is 23.5. The van der Waals surface area contributed by atoms with E-state index in [0.29, 0.717) is 16.0 Å². The molecule has 2 aromatic carbocycles. The first-order valence-electron chi connectivity index (χ1n) is 7.39. The van der Waals surface area contributed by atoms with Gasteiger partial charge in [-0.2, -0.15) is 0 Å². The number of aryl methyl sites for hydroxylation is 1. The number of nitrogens with one attached hydrogen (secondary N) is 2. The van der Waals surface area contributed by atoms with E-state index in [2.05, 4.69) is 58.6 Å². The van der Waals surface area contributed by atoms with Crippen molar-refractivity contribution in [2.45, 2.75) is 6.92 Å². The highest BCUT2D eigenvalue weighted by Gasteiger charge is 2.08. The van der Waals surface area contributed by atoms with Crippen molar-refractivity contribution in [3.63, 3.8) is 0 Å². The maximum Gasteiger partial charge on any atom is 0.276 e. The second kappa shape index (κ2) is 9.94. The molecule has 0 radical (unpaired) electrons. The van der Waals surface area contributed by atoms with Crippen LogP contribution in [0.2, 0.25) is 0 Å². The molecule has 0 bridgehead atoms. The Balaban J connectivity index is 1.71. The van der Waals surface area contributed by atoms with Crippen molar-refractivity contribution in [2.24, 2.45) is 0 Å². The summed E-state index contributed by atoms with van der Waals surface area (Å²) >= 11 is 10.1. The lowest BCUT2D eigenvalue weighted by atomic mass is 10.2. The number of carbonyl (C=O) groups is 2. The molecule has 2 amide bonds. The third-order valence-electron chi connectivity index (χ3n) is 3.09. The van der Waals surface area contributed by atoms with Gasteiger partial charge in [-0.25, -0.2) is 0 Å². The van der Waals surface area contributed by atoms with Crippen LogP contribution in [0.4, 0.5) is 0 Å². The van der Waals surface area contributed by atoms with Crippen LogP contribution in [0.3, 0.4) is 0 Å². The average molecular weight is 551 g/mol. The first-order chi connectivity index (χ1) is 12.3. The van der Waals surface area contributed by atoms with E-state index in [-0.39, 0.29) is 13.2 Å². The topological polar surface area (TPSA) is 76.7 Å². The smallest absolute Gasteiger partial charge is 0.276 e. The molecular weight excluding hydrogens is 536 g/mol. The molecule has 9 heteroatoms. The molecule has 0 spiro atoms. The normalized spacial score (nSPS) is 10.2. The van der Waals surface area contributed by atoms with E-state index in [0.717, 1.165) is 14.5 Å². The summed E-state index contributed by atoms with van der Waals surface area (Å²) in [5.41, 5.74) is 5.52. The van der Waals surface area contributed by atoms with E-state index in [1.54, 1.807) is 30.3 Å².